The number of rotatable bonds is 8. The topological polar surface area (TPSA) is 111 Å². The maximum absolute atomic E-state index is 11.9. The molecule has 0 unspecified atom stereocenters. The van der Waals surface area contributed by atoms with Crippen LogP contribution in [0.4, 0.5) is 11.4 Å². The van der Waals surface area contributed by atoms with Gasteiger partial charge < -0.3 is 20.1 Å². The molecule has 2 rings (SSSR count). The first-order valence-corrected chi connectivity index (χ1v) is 8.94. The lowest BCUT2D eigenvalue weighted by Gasteiger charge is -2.08. The molecule has 0 aliphatic heterocycles. The minimum atomic E-state index is -0.674. The monoisotopic (exact) mass is 418 g/mol. The Morgan fingerprint density at radius 2 is 1.38 bits per heavy atom. The molecule has 2 N–H and O–H groups in total. The molecule has 0 aliphatic carbocycles. The van der Waals surface area contributed by atoms with Gasteiger partial charge in [0, 0.05) is 22.8 Å². The number of methoxy groups -OCH3 is 1. The summed E-state index contributed by atoms with van der Waals surface area (Å²) >= 11 is 5.75. The van der Waals surface area contributed by atoms with E-state index < -0.39 is 30.4 Å². The largest absolute Gasteiger partial charge is 0.465 e. The highest BCUT2D eigenvalue weighted by atomic mass is 35.5. The predicted molar refractivity (Wildman–Crippen MR) is 107 cm³/mol. The number of nitrogens with one attached hydrogen (secondary N) is 2. The number of carbonyl (C=O) groups excluding carboxylic acids is 4. The van der Waals surface area contributed by atoms with Gasteiger partial charge in [-0.3, -0.25) is 14.4 Å². The number of hydrogen-bond donors (Lipinski definition) is 2. The standard InChI is InChI=1S/C20H19ClN2O6/c1-28-20(27)13-2-6-15(7-3-13)22-17(24)10-11-19(26)29-12-18(25)23-16-8-4-14(21)5-9-16/h2-9H,10-12H2,1H3,(H,22,24)(H,23,25). The van der Waals surface area contributed by atoms with Crippen molar-refractivity contribution in [2.75, 3.05) is 24.4 Å². The Hall–Kier alpha value is -3.39. The van der Waals surface area contributed by atoms with E-state index in [1.165, 1.54) is 19.2 Å². The molecule has 0 heterocycles. The van der Waals surface area contributed by atoms with Crippen molar-refractivity contribution >= 4 is 46.7 Å². The molecule has 9 heteroatoms. The summed E-state index contributed by atoms with van der Waals surface area (Å²) in [6.07, 6.45) is -0.295. The minimum absolute atomic E-state index is 0.115. The van der Waals surface area contributed by atoms with Crippen LogP contribution in [0, 0.1) is 0 Å². The Bertz CT molecular complexity index is 881. The van der Waals surface area contributed by atoms with Crippen molar-refractivity contribution in [1.29, 1.82) is 0 Å². The number of amides is 2. The summed E-state index contributed by atoms with van der Waals surface area (Å²) in [5.41, 5.74) is 1.34. The lowest BCUT2D eigenvalue weighted by molar-refractivity contribution is -0.147. The van der Waals surface area contributed by atoms with Gasteiger partial charge in [-0.15, -0.1) is 0 Å². The molecular weight excluding hydrogens is 400 g/mol. The van der Waals surface area contributed by atoms with Crippen LogP contribution >= 0.6 is 11.6 Å². The van der Waals surface area contributed by atoms with E-state index in [-0.39, 0.29) is 12.8 Å². The number of ether oxygens (including phenoxy) is 2. The molecular formula is C20H19ClN2O6. The van der Waals surface area contributed by atoms with Crippen molar-refractivity contribution in [2.24, 2.45) is 0 Å². The zero-order valence-electron chi connectivity index (χ0n) is 15.6. The maximum atomic E-state index is 11.9. The van der Waals surface area contributed by atoms with Crippen LogP contribution in [-0.2, 0) is 23.9 Å². The molecule has 29 heavy (non-hydrogen) atoms. The SMILES string of the molecule is COC(=O)c1ccc(NC(=O)CCC(=O)OCC(=O)Nc2ccc(Cl)cc2)cc1. The highest BCUT2D eigenvalue weighted by molar-refractivity contribution is 6.30. The van der Waals surface area contributed by atoms with Crippen LogP contribution in [0.2, 0.25) is 5.02 Å². The van der Waals surface area contributed by atoms with Crippen LogP contribution < -0.4 is 10.6 Å². The van der Waals surface area contributed by atoms with Crippen molar-refractivity contribution in [3.05, 3.63) is 59.1 Å². The summed E-state index contributed by atoms with van der Waals surface area (Å²) in [5.74, 6) is -2.06. The molecule has 0 saturated heterocycles. The quantitative estimate of drug-likeness (QED) is 0.637. The van der Waals surface area contributed by atoms with Gasteiger partial charge in [0.2, 0.25) is 5.91 Å². The maximum Gasteiger partial charge on any atom is 0.337 e. The van der Waals surface area contributed by atoms with Crippen LogP contribution in [0.3, 0.4) is 0 Å². The third-order valence-corrected chi connectivity index (χ3v) is 3.89. The third-order valence-electron chi connectivity index (χ3n) is 3.64. The molecule has 0 atom stereocenters. The van der Waals surface area contributed by atoms with Gasteiger partial charge in [0.1, 0.15) is 0 Å². The molecule has 0 radical (unpaired) electrons. The molecule has 0 aliphatic rings. The Morgan fingerprint density at radius 1 is 0.828 bits per heavy atom. The number of carbonyl (C=O) groups is 4. The summed E-state index contributed by atoms with van der Waals surface area (Å²) in [6.45, 7) is -0.460. The number of esters is 2. The fourth-order valence-corrected chi connectivity index (χ4v) is 2.32. The predicted octanol–water partition coefficient (Wildman–Crippen LogP) is 3.03. The van der Waals surface area contributed by atoms with E-state index >= 15 is 0 Å². The summed E-state index contributed by atoms with van der Waals surface area (Å²) in [5, 5.41) is 5.68. The van der Waals surface area contributed by atoms with Gasteiger partial charge in [-0.25, -0.2) is 4.79 Å². The molecule has 8 nitrogen and oxygen atoms in total. The minimum Gasteiger partial charge on any atom is -0.465 e. The van der Waals surface area contributed by atoms with Crippen LogP contribution in [0.25, 0.3) is 0 Å². The Balaban J connectivity index is 1.68. The van der Waals surface area contributed by atoms with Crippen LogP contribution in [0.1, 0.15) is 23.2 Å². The van der Waals surface area contributed by atoms with E-state index in [9.17, 15) is 19.2 Å². The van der Waals surface area contributed by atoms with Crippen LogP contribution in [0.5, 0.6) is 0 Å². The molecule has 0 spiro atoms. The first kappa shape index (κ1) is 21.9. The lowest BCUT2D eigenvalue weighted by Crippen LogP contribution is -2.21. The average molecular weight is 419 g/mol. The Kier molecular flexibility index (Phi) is 8.17. The molecule has 0 saturated carbocycles. The van der Waals surface area contributed by atoms with Gasteiger partial charge in [0.15, 0.2) is 6.61 Å². The van der Waals surface area contributed by atoms with E-state index in [0.29, 0.717) is 22.0 Å². The number of benzene rings is 2. The number of anilines is 2. The molecule has 2 aromatic rings. The summed E-state index contributed by atoms with van der Waals surface area (Å²) in [4.78, 5) is 46.7. The first-order chi connectivity index (χ1) is 13.9. The Labute approximate surface area is 172 Å². The Morgan fingerprint density at radius 3 is 1.97 bits per heavy atom. The fourth-order valence-electron chi connectivity index (χ4n) is 2.20. The van der Waals surface area contributed by atoms with Crippen molar-refractivity contribution in [1.82, 2.24) is 0 Å². The molecule has 152 valence electrons. The molecule has 0 bridgehead atoms. The number of hydrogen-bond acceptors (Lipinski definition) is 6. The summed E-state index contributed by atoms with van der Waals surface area (Å²) in [7, 11) is 1.28. The first-order valence-electron chi connectivity index (χ1n) is 8.56. The van der Waals surface area contributed by atoms with E-state index in [2.05, 4.69) is 15.4 Å². The van der Waals surface area contributed by atoms with Crippen molar-refractivity contribution in [3.63, 3.8) is 0 Å². The second-order valence-corrected chi connectivity index (χ2v) is 6.27. The second-order valence-electron chi connectivity index (χ2n) is 5.83. The molecule has 2 aromatic carbocycles. The van der Waals surface area contributed by atoms with Gasteiger partial charge in [0.05, 0.1) is 19.1 Å². The highest BCUT2D eigenvalue weighted by Gasteiger charge is 2.11. The van der Waals surface area contributed by atoms with Crippen molar-refractivity contribution in [2.45, 2.75) is 12.8 Å². The average Bonchev–Trinajstić information content (AvgIpc) is 2.72. The number of halogens is 1. The van der Waals surface area contributed by atoms with Gasteiger partial charge in [-0.1, -0.05) is 11.6 Å². The van der Waals surface area contributed by atoms with E-state index in [4.69, 9.17) is 16.3 Å². The van der Waals surface area contributed by atoms with Gasteiger partial charge in [-0.2, -0.15) is 0 Å². The summed E-state index contributed by atoms with van der Waals surface area (Å²) in [6, 6.07) is 12.6. The normalized spacial score (nSPS) is 10.0. The third kappa shape index (κ3) is 7.63. The van der Waals surface area contributed by atoms with E-state index in [1.807, 2.05) is 0 Å². The van der Waals surface area contributed by atoms with E-state index in [0.717, 1.165) is 0 Å². The lowest BCUT2D eigenvalue weighted by atomic mass is 10.2. The van der Waals surface area contributed by atoms with Gasteiger partial charge >= 0.3 is 11.9 Å². The molecule has 2 amide bonds. The van der Waals surface area contributed by atoms with Crippen LogP contribution in [0.15, 0.2) is 48.5 Å². The van der Waals surface area contributed by atoms with Gasteiger partial charge in [-0.05, 0) is 48.5 Å². The van der Waals surface area contributed by atoms with Crippen molar-refractivity contribution in [3.8, 4) is 0 Å². The second kappa shape index (κ2) is 10.8. The summed E-state index contributed by atoms with van der Waals surface area (Å²) < 4.78 is 9.43. The zero-order chi connectivity index (χ0) is 21.2. The molecule has 0 fully saturated rings. The highest BCUT2D eigenvalue weighted by Crippen LogP contribution is 2.13. The fraction of sp³-hybridized carbons (Fsp3) is 0.200. The van der Waals surface area contributed by atoms with Gasteiger partial charge in [0.25, 0.3) is 5.91 Å². The van der Waals surface area contributed by atoms with E-state index in [1.54, 1.807) is 36.4 Å². The smallest absolute Gasteiger partial charge is 0.337 e. The molecule has 0 aromatic heterocycles. The zero-order valence-corrected chi connectivity index (χ0v) is 16.3. The van der Waals surface area contributed by atoms with Crippen molar-refractivity contribution < 1.29 is 28.7 Å². The van der Waals surface area contributed by atoms with Crippen LogP contribution in [-0.4, -0.2) is 37.5 Å².